The van der Waals surface area contributed by atoms with Gasteiger partial charge in [0.05, 0.1) is 6.61 Å². The van der Waals surface area contributed by atoms with Crippen LogP contribution < -0.4 is 0 Å². The molecule has 0 aromatic heterocycles. The van der Waals surface area contributed by atoms with Gasteiger partial charge in [0.15, 0.2) is 6.29 Å². The first-order valence-corrected chi connectivity index (χ1v) is 10.5. The molecule has 1 fully saturated rings. The molecule has 0 aliphatic carbocycles. The molecule has 0 aromatic rings. The van der Waals surface area contributed by atoms with Crippen molar-refractivity contribution in [3.63, 3.8) is 0 Å². The monoisotopic (exact) mass is 376 g/mol. The van der Waals surface area contributed by atoms with Crippen molar-refractivity contribution in [3.05, 3.63) is 0 Å². The number of aliphatic hydroxyl groups excluding tert-OH is 4. The molecule has 0 saturated carbocycles. The number of aliphatic hydroxyl groups is 4. The van der Waals surface area contributed by atoms with Crippen LogP contribution in [-0.4, -0.2) is 64.3 Å². The largest absolute Gasteiger partial charge is 0.394 e. The van der Waals surface area contributed by atoms with Crippen LogP contribution in [0.25, 0.3) is 0 Å². The van der Waals surface area contributed by atoms with Gasteiger partial charge in [-0.15, -0.1) is 0 Å². The van der Waals surface area contributed by atoms with Crippen molar-refractivity contribution in [2.24, 2.45) is 0 Å². The zero-order chi connectivity index (χ0) is 19.2. The lowest BCUT2D eigenvalue weighted by Gasteiger charge is -2.39. The number of ether oxygens (including phenoxy) is 2. The van der Waals surface area contributed by atoms with Gasteiger partial charge < -0.3 is 29.9 Å². The second kappa shape index (κ2) is 14.8. The third-order valence-electron chi connectivity index (χ3n) is 5.15. The fourth-order valence-electron chi connectivity index (χ4n) is 3.41. The van der Waals surface area contributed by atoms with Gasteiger partial charge >= 0.3 is 0 Å². The standard InChI is InChI=1S/C20H40O6/c1-2-3-4-5-6-7-8-9-10-11-12-13-14-25-19-18(23)17(22)16(15-21)26-20(19)24/h16-24H,2-15H2,1H3/t16-,17-,18+,19-,20+/m1/s1. The molecule has 0 aromatic carbocycles. The summed E-state index contributed by atoms with van der Waals surface area (Å²) in [6.07, 6.45) is 9.27. The van der Waals surface area contributed by atoms with E-state index < -0.39 is 37.3 Å². The smallest absolute Gasteiger partial charge is 0.184 e. The van der Waals surface area contributed by atoms with Gasteiger partial charge in [0, 0.05) is 6.61 Å². The summed E-state index contributed by atoms with van der Waals surface area (Å²) >= 11 is 0. The van der Waals surface area contributed by atoms with Crippen molar-refractivity contribution in [1.29, 1.82) is 0 Å². The lowest BCUT2D eigenvalue weighted by Crippen LogP contribution is -2.59. The molecule has 0 unspecified atom stereocenters. The highest BCUT2D eigenvalue weighted by Gasteiger charge is 2.44. The lowest BCUT2D eigenvalue weighted by molar-refractivity contribution is -0.296. The molecule has 5 atom stereocenters. The molecule has 0 spiro atoms. The van der Waals surface area contributed by atoms with Crippen molar-refractivity contribution in [2.45, 2.75) is 115 Å². The maximum atomic E-state index is 9.97. The molecule has 1 aliphatic rings. The summed E-state index contributed by atoms with van der Waals surface area (Å²) in [6, 6.07) is 0. The van der Waals surface area contributed by atoms with Crippen molar-refractivity contribution >= 4 is 0 Å². The first-order valence-electron chi connectivity index (χ1n) is 10.5. The normalized spacial score (nSPS) is 29.2. The topological polar surface area (TPSA) is 99.4 Å². The summed E-state index contributed by atoms with van der Waals surface area (Å²) in [4.78, 5) is 0. The van der Waals surface area contributed by atoms with Gasteiger partial charge in [-0.2, -0.15) is 0 Å². The number of hydrogen-bond donors (Lipinski definition) is 4. The van der Waals surface area contributed by atoms with E-state index in [1.165, 1.54) is 64.2 Å². The van der Waals surface area contributed by atoms with E-state index in [1.54, 1.807) is 0 Å². The Morgan fingerprint density at radius 3 is 1.73 bits per heavy atom. The zero-order valence-corrected chi connectivity index (χ0v) is 16.4. The van der Waals surface area contributed by atoms with Gasteiger partial charge in [-0.25, -0.2) is 0 Å². The highest BCUT2D eigenvalue weighted by molar-refractivity contribution is 4.89. The first kappa shape index (κ1) is 23.8. The molecule has 1 rings (SSSR count). The average Bonchev–Trinajstić information content (AvgIpc) is 2.64. The predicted octanol–water partition coefficient (Wildman–Crippen LogP) is 2.50. The molecular formula is C20H40O6. The summed E-state index contributed by atoms with van der Waals surface area (Å²) in [5.74, 6) is 0. The Morgan fingerprint density at radius 1 is 0.731 bits per heavy atom. The molecule has 0 radical (unpaired) electrons. The molecule has 1 heterocycles. The number of hydrogen-bond acceptors (Lipinski definition) is 6. The second-order valence-electron chi connectivity index (χ2n) is 7.45. The minimum absolute atomic E-state index is 0.413. The van der Waals surface area contributed by atoms with E-state index in [9.17, 15) is 15.3 Å². The molecule has 1 aliphatic heterocycles. The fourth-order valence-corrected chi connectivity index (χ4v) is 3.41. The van der Waals surface area contributed by atoms with Crippen LogP contribution in [0.15, 0.2) is 0 Å². The van der Waals surface area contributed by atoms with E-state index in [2.05, 4.69) is 6.92 Å². The van der Waals surface area contributed by atoms with Crippen molar-refractivity contribution in [3.8, 4) is 0 Å². The SMILES string of the molecule is CCCCCCCCCCCCCCO[C@@H]1[C@@H](O)[C@H](O)[C@@H](CO)O[C@@H]1O. The third kappa shape index (κ3) is 9.11. The molecule has 4 N–H and O–H groups in total. The maximum absolute atomic E-state index is 9.97. The van der Waals surface area contributed by atoms with E-state index in [1.807, 2.05) is 0 Å². The van der Waals surface area contributed by atoms with Gasteiger partial charge in [0.2, 0.25) is 0 Å². The van der Waals surface area contributed by atoms with Gasteiger partial charge in [-0.1, -0.05) is 77.6 Å². The summed E-state index contributed by atoms with van der Waals surface area (Å²) in [5, 5.41) is 38.6. The van der Waals surface area contributed by atoms with Crippen LogP contribution >= 0.6 is 0 Å². The molecule has 156 valence electrons. The van der Waals surface area contributed by atoms with Gasteiger partial charge in [0.25, 0.3) is 0 Å². The summed E-state index contributed by atoms with van der Waals surface area (Å²) in [7, 11) is 0. The van der Waals surface area contributed by atoms with Crippen LogP contribution in [-0.2, 0) is 9.47 Å². The van der Waals surface area contributed by atoms with E-state index in [0.717, 1.165) is 12.8 Å². The van der Waals surface area contributed by atoms with E-state index >= 15 is 0 Å². The summed E-state index contributed by atoms with van der Waals surface area (Å²) < 4.78 is 10.6. The lowest BCUT2D eigenvalue weighted by atomic mass is 9.99. The average molecular weight is 377 g/mol. The molecule has 26 heavy (non-hydrogen) atoms. The first-order chi connectivity index (χ1) is 12.6. The summed E-state index contributed by atoms with van der Waals surface area (Å²) in [5.41, 5.74) is 0. The van der Waals surface area contributed by atoms with E-state index in [-0.39, 0.29) is 0 Å². The Bertz CT molecular complexity index is 327. The van der Waals surface area contributed by atoms with Gasteiger partial charge in [-0.3, -0.25) is 0 Å². The second-order valence-corrected chi connectivity index (χ2v) is 7.45. The van der Waals surface area contributed by atoms with Gasteiger partial charge in [-0.05, 0) is 6.42 Å². The Morgan fingerprint density at radius 2 is 1.23 bits per heavy atom. The highest BCUT2D eigenvalue weighted by Crippen LogP contribution is 2.22. The predicted molar refractivity (Wildman–Crippen MR) is 101 cm³/mol. The zero-order valence-electron chi connectivity index (χ0n) is 16.4. The van der Waals surface area contributed by atoms with E-state index in [4.69, 9.17) is 14.6 Å². The van der Waals surface area contributed by atoms with Crippen LogP contribution in [0.4, 0.5) is 0 Å². The molecule has 6 nitrogen and oxygen atoms in total. The Hall–Kier alpha value is -0.240. The van der Waals surface area contributed by atoms with E-state index in [0.29, 0.717) is 6.61 Å². The van der Waals surface area contributed by atoms with Crippen LogP contribution in [0, 0.1) is 0 Å². The maximum Gasteiger partial charge on any atom is 0.184 e. The molecule has 0 amide bonds. The Balaban J connectivity index is 1.96. The van der Waals surface area contributed by atoms with Crippen molar-refractivity contribution in [1.82, 2.24) is 0 Å². The number of unbranched alkanes of at least 4 members (excludes halogenated alkanes) is 11. The van der Waals surface area contributed by atoms with Crippen LogP contribution in [0.2, 0.25) is 0 Å². The fraction of sp³-hybridized carbons (Fsp3) is 1.00. The van der Waals surface area contributed by atoms with Crippen LogP contribution in [0.3, 0.4) is 0 Å². The Labute approximate surface area is 158 Å². The minimum Gasteiger partial charge on any atom is -0.394 e. The number of rotatable bonds is 15. The molecular weight excluding hydrogens is 336 g/mol. The summed E-state index contributed by atoms with van der Waals surface area (Å²) in [6.45, 7) is 2.20. The molecule has 6 heteroatoms. The van der Waals surface area contributed by atoms with Crippen LogP contribution in [0.5, 0.6) is 0 Å². The molecule has 0 bridgehead atoms. The van der Waals surface area contributed by atoms with Crippen LogP contribution in [0.1, 0.15) is 84.0 Å². The van der Waals surface area contributed by atoms with Gasteiger partial charge in [0.1, 0.15) is 24.4 Å². The molecule has 1 saturated heterocycles. The van der Waals surface area contributed by atoms with Crippen molar-refractivity contribution < 1.29 is 29.9 Å². The quantitative estimate of drug-likeness (QED) is 0.328. The minimum atomic E-state index is -1.33. The van der Waals surface area contributed by atoms with Crippen molar-refractivity contribution in [2.75, 3.05) is 13.2 Å². The highest BCUT2D eigenvalue weighted by atomic mass is 16.7. The Kier molecular flexibility index (Phi) is 13.5. The third-order valence-corrected chi connectivity index (χ3v) is 5.15.